The number of nitrogens with zero attached hydrogens (tertiary/aromatic N) is 2. The highest BCUT2D eigenvalue weighted by Gasteiger charge is 2.23. The van der Waals surface area contributed by atoms with Crippen LogP contribution in [0.1, 0.15) is 19.4 Å². The van der Waals surface area contributed by atoms with Crippen LogP contribution in [0.4, 0.5) is 0 Å². The van der Waals surface area contributed by atoms with E-state index in [4.69, 9.17) is 11.6 Å². The molecule has 0 aliphatic carbocycles. The second kappa shape index (κ2) is 6.93. The normalized spacial score (nSPS) is 23.0. The molecule has 3 nitrogen and oxygen atoms in total. The molecule has 0 saturated carbocycles. The van der Waals surface area contributed by atoms with E-state index in [1.54, 1.807) is 0 Å². The van der Waals surface area contributed by atoms with Crippen LogP contribution < -0.4 is 5.32 Å². The van der Waals surface area contributed by atoms with Crippen molar-refractivity contribution in [3.8, 4) is 0 Å². The van der Waals surface area contributed by atoms with Gasteiger partial charge < -0.3 is 5.32 Å². The Kier molecular flexibility index (Phi) is 5.44. The molecule has 1 aromatic carbocycles. The molecule has 21 heavy (non-hydrogen) atoms. The molecule has 1 saturated heterocycles. The molecule has 0 amide bonds. The summed E-state index contributed by atoms with van der Waals surface area (Å²) in [6.07, 6.45) is 1.84. The molecule has 1 N–H and O–H groups in total. The van der Waals surface area contributed by atoms with Crippen molar-refractivity contribution < 1.29 is 0 Å². The first-order chi connectivity index (χ1) is 9.65. The third-order valence-corrected chi connectivity index (χ3v) is 4.43. The van der Waals surface area contributed by atoms with E-state index in [9.17, 15) is 0 Å². The Balaban J connectivity index is 0.00000161. The van der Waals surface area contributed by atoms with Gasteiger partial charge in [-0.3, -0.25) is 9.88 Å². The number of hydrogen-bond acceptors (Lipinski definition) is 3. The van der Waals surface area contributed by atoms with Crippen LogP contribution in [0.3, 0.4) is 0 Å². The number of benzene rings is 1. The molecule has 1 fully saturated rings. The molecule has 1 aliphatic rings. The zero-order valence-electron chi connectivity index (χ0n) is 12.3. The maximum Gasteiger partial charge on any atom is 0.0761 e. The average Bonchev–Trinajstić information content (AvgIpc) is 2.46. The second-order valence-corrected chi connectivity index (χ2v) is 6.10. The van der Waals surface area contributed by atoms with Gasteiger partial charge in [-0.15, -0.1) is 12.4 Å². The minimum absolute atomic E-state index is 0. The summed E-state index contributed by atoms with van der Waals surface area (Å²) < 4.78 is 0. The first-order valence-electron chi connectivity index (χ1n) is 7.14. The lowest BCUT2D eigenvalue weighted by Gasteiger charge is -2.37. The number of hydrogen-bond donors (Lipinski definition) is 1. The molecule has 3 rings (SSSR count). The van der Waals surface area contributed by atoms with Gasteiger partial charge in [0.1, 0.15) is 0 Å². The first kappa shape index (κ1) is 16.5. The lowest BCUT2D eigenvalue weighted by molar-refractivity contribution is 0.139. The van der Waals surface area contributed by atoms with Gasteiger partial charge in [-0.05, 0) is 26.0 Å². The van der Waals surface area contributed by atoms with Gasteiger partial charge in [-0.2, -0.15) is 0 Å². The zero-order valence-corrected chi connectivity index (χ0v) is 13.9. The highest BCUT2D eigenvalue weighted by Crippen LogP contribution is 2.27. The van der Waals surface area contributed by atoms with Crippen LogP contribution in [0.5, 0.6) is 0 Å². The van der Waals surface area contributed by atoms with E-state index in [2.05, 4.69) is 35.1 Å². The van der Waals surface area contributed by atoms with Gasteiger partial charge in [-0.1, -0.05) is 23.7 Å². The van der Waals surface area contributed by atoms with Gasteiger partial charge >= 0.3 is 0 Å². The second-order valence-electron chi connectivity index (χ2n) is 5.69. The van der Waals surface area contributed by atoms with E-state index in [0.717, 1.165) is 41.1 Å². The van der Waals surface area contributed by atoms with Gasteiger partial charge in [0.25, 0.3) is 0 Å². The van der Waals surface area contributed by atoms with Crippen LogP contribution in [-0.2, 0) is 6.54 Å². The highest BCUT2D eigenvalue weighted by atomic mass is 35.5. The molecule has 1 aromatic heterocycles. The van der Waals surface area contributed by atoms with Crippen LogP contribution in [-0.4, -0.2) is 35.1 Å². The van der Waals surface area contributed by atoms with Crippen molar-refractivity contribution in [2.24, 2.45) is 0 Å². The molecule has 0 spiro atoms. The number of rotatable bonds is 2. The van der Waals surface area contributed by atoms with E-state index < -0.39 is 0 Å². The van der Waals surface area contributed by atoms with Crippen molar-refractivity contribution in [2.45, 2.75) is 32.5 Å². The molecule has 2 unspecified atom stereocenters. The third-order valence-electron chi connectivity index (χ3n) is 4.08. The van der Waals surface area contributed by atoms with Gasteiger partial charge in [0.05, 0.1) is 5.52 Å². The van der Waals surface area contributed by atoms with E-state index >= 15 is 0 Å². The van der Waals surface area contributed by atoms with Crippen LogP contribution in [0.2, 0.25) is 5.02 Å². The highest BCUT2D eigenvalue weighted by molar-refractivity contribution is 6.32. The summed E-state index contributed by atoms with van der Waals surface area (Å²) >= 11 is 6.42. The molecule has 0 radical (unpaired) electrons. The number of aromatic nitrogens is 1. The van der Waals surface area contributed by atoms with Gasteiger partial charge in [-0.25, -0.2) is 0 Å². The van der Waals surface area contributed by atoms with Crippen LogP contribution in [0.15, 0.2) is 30.5 Å². The topological polar surface area (TPSA) is 28.2 Å². The number of halogens is 2. The number of piperazine rings is 1. The molecule has 2 aromatic rings. The minimum atomic E-state index is 0. The molecule has 114 valence electrons. The Labute approximate surface area is 137 Å². The van der Waals surface area contributed by atoms with Crippen molar-refractivity contribution >= 4 is 34.9 Å². The van der Waals surface area contributed by atoms with E-state index in [1.807, 2.05) is 24.4 Å². The summed E-state index contributed by atoms with van der Waals surface area (Å²) in [6.45, 7) is 7.41. The fraction of sp³-hybridized carbons (Fsp3) is 0.438. The summed E-state index contributed by atoms with van der Waals surface area (Å²) in [5, 5.41) is 5.48. The Bertz CT molecular complexity index is 617. The fourth-order valence-electron chi connectivity index (χ4n) is 2.85. The first-order valence-corrected chi connectivity index (χ1v) is 7.52. The Morgan fingerprint density at radius 3 is 2.95 bits per heavy atom. The average molecular weight is 326 g/mol. The van der Waals surface area contributed by atoms with Crippen molar-refractivity contribution in [1.29, 1.82) is 0 Å². The van der Waals surface area contributed by atoms with Crippen molar-refractivity contribution in [3.05, 3.63) is 41.0 Å². The predicted molar refractivity (Wildman–Crippen MR) is 91.3 cm³/mol. The monoisotopic (exact) mass is 325 g/mol. The van der Waals surface area contributed by atoms with E-state index in [-0.39, 0.29) is 12.4 Å². The maximum atomic E-state index is 6.42. The molecular weight excluding hydrogens is 305 g/mol. The predicted octanol–water partition coefficient (Wildman–Crippen LogP) is 3.49. The van der Waals surface area contributed by atoms with Crippen molar-refractivity contribution in [3.63, 3.8) is 0 Å². The fourth-order valence-corrected chi connectivity index (χ4v) is 3.06. The van der Waals surface area contributed by atoms with Crippen LogP contribution in [0.25, 0.3) is 10.9 Å². The SMILES string of the molecule is CC1CN(Cc2c(Cl)ccc3cccnc23)C(C)CN1.Cl. The molecule has 0 bridgehead atoms. The quantitative estimate of drug-likeness (QED) is 0.916. The Hall–Kier alpha value is -0.870. The lowest BCUT2D eigenvalue weighted by Crippen LogP contribution is -2.53. The molecule has 2 atom stereocenters. The van der Waals surface area contributed by atoms with E-state index in [1.165, 1.54) is 0 Å². The smallest absolute Gasteiger partial charge is 0.0761 e. The molecular formula is C16H21Cl2N3. The molecule has 1 aliphatic heterocycles. The minimum Gasteiger partial charge on any atom is -0.311 e. The van der Waals surface area contributed by atoms with E-state index in [0.29, 0.717) is 12.1 Å². The van der Waals surface area contributed by atoms with Gasteiger partial charge in [0.15, 0.2) is 0 Å². The Morgan fingerprint density at radius 1 is 1.33 bits per heavy atom. The Morgan fingerprint density at radius 2 is 2.14 bits per heavy atom. The standard InChI is InChI=1S/C16H20ClN3.ClH/c1-11-9-20(12(2)8-19-11)10-14-15(17)6-5-13-4-3-7-18-16(13)14;/h3-7,11-12,19H,8-10H2,1-2H3;1H. The zero-order chi connectivity index (χ0) is 14.1. The third kappa shape index (κ3) is 3.49. The number of pyridine rings is 1. The summed E-state index contributed by atoms with van der Waals surface area (Å²) in [5.41, 5.74) is 2.17. The summed E-state index contributed by atoms with van der Waals surface area (Å²) in [4.78, 5) is 7.01. The van der Waals surface area contributed by atoms with Gasteiger partial charge in [0, 0.05) is 53.9 Å². The van der Waals surface area contributed by atoms with Crippen LogP contribution >= 0.6 is 24.0 Å². The largest absolute Gasteiger partial charge is 0.311 e. The summed E-state index contributed by atoms with van der Waals surface area (Å²) in [7, 11) is 0. The van der Waals surface area contributed by atoms with Crippen molar-refractivity contribution in [2.75, 3.05) is 13.1 Å². The molecule has 2 heterocycles. The lowest BCUT2D eigenvalue weighted by atomic mass is 10.1. The maximum absolute atomic E-state index is 6.42. The van der Waals surface area contributed by atoms with Crippen molar-refractivity contribution in [1.82, 2.24) is 15.2 Å². The number of fused-ring (bicyclic) bond motifs is 1. The summed E-state index contributed by atoms with van der Waals surface area (Å²) in [5.74, 6) is 0. The van der Waals surface area contributed by atoms with Crippen LogP contribution in [0, 0.1) is 0 Å². The summed E-state index contributed by atoms with van der Waals surface area (Å²) in [6, 6.07) is 9.12. The molecule has 5 heteroatoms. The number of nitrogens with one attached hydrogen (secondary N) is 1. The van der Waals surface area contributed by atoms with Gasteiger partial charge in [0.2, 0.25) is 0 Å².